The van der Waals surface area contributed by atoms with Crippen LogP contribution in [-0.2, 0) is 12.0 Å². The van der Waals surface area contributed by atoms with Crippen LogP contribution in [0, 0.1) is 5.82 Å². The van der Waals surface area contributed by atoms with Crippen LogP contribution in [0.3, 0.4) is 0 Å². The lowest BCUT2D eigenvalue weighted by molar-refractivity contribution is 0.0943. The standard InChI is InChI=1S/C23H24FN3O3/c1-2-27-19-10-5-15(13-18(19)26-21(29)22(27)30)20(28)25-14-23(11-3-4-12-23)16-6-8-17(24)9-7-16/h5-10,13H,2-4,11-12,14H2,1H3,(H,25,28)(H,26,29). The maximum absolute atomic E-state index is 13.4. The van der Waals surface area contributed by atoms with Crippen LogP contribution < -0.4 is 16.4 Å². The molecule has 0 saturated heterocycles. The van der Waals surface area contributed by atoms with E-state index in [2.05, 4.69) is 10.3 Å². The molecule has 156 valence electrons. The highest BCUT2D eigenvalue weighted by atomic mass is 19.1. The third-order valence-electron chi connectivity index (χ3n) is 6.16. The molecular weight excluding hydrogens is 385 g/mol. The smallest absolute Gasteiger partial charge is 0.316 e. The molecule has 30 heavy (non-hydrogen) atoms. The number of aromatic amines is 1. The number of rotatable bonds is 5. The van der Waals surface area contributed by atoms with Crippen LogP contribution in [0.2, 0.25) is 0 Å². The summed E-state index contributed by atoms with van der Waals surface area (Å²) in [6.45, 7) is 2.61. The van der Waals surface area contributed by atoms with Crippen LogP contribution in [0.25, 0.3) is 11.0 Å². The molecule has 1 fully saturated rings. The third kappa shape index (κ3) is 3.56. The van der Waals surface area contributed by atoms with Crippen molar-refractivity contribution in [3.05, 3.63) is 80.1 Å². The number of H-pyrrole nitrogens is 1. The minimum absolute atomic E-state index is 0.197. The topological polar surface area (TPSA) is 84.0 Å². The lowest BCUT2D eigenvalue weighted by Gasteiger charge is -2.30. The highest BCUT2D eigenvalue weighted by Crippen LogP contribution is 2.40. The first kappa shape index (κ1) is 20.1. The zero-order chi connectivity index (χ0) is 21.3. The van der Waals surface area contributed by atoms with E-state index in [9.17, 15) is 18.8 Å². The van der Waals surface area contributed by atoms with Crippen LogP contribution in [0.4, 0.5) is 4.39 Å². The second-order valence-corrected chi connectivity index (χ2v) is 7.91. The maximum Gasteiger partial charge on any atom is 0.316 e. The highest BCUT2D eigenvalue weighted by molar-refractivity contribution is 5.97. The fourth-order valence-electron chi connectivity index (χ4n) is 4.51. The Kier molecular flexibility index (Phi) is 5.28. The minimum atomic E-state index is -0.705. The van der Waals surface area contributed by atoms with Crippen molar-refractivity contribution in [3.63, 3.8) is 0 Å². The zero-order valence-electron chi connectivity index (χ0n) is 16.8. The zero-order valence-corrected chi connectivity index (χ0v) is 16.8. The van der Waals surface area contributed by atoms with Gasteiger partial charge in [0.1, 0.15) is 5.82 Å². The molecule has 0 atom stereocenters. The van der Waals surface area contributed by atoms with Crippen molar-refractivity contribution in [2.75, 3.05) is 6.54 Å². The van der Waals surface area contributed by atoms with Gasteiger partial charge >= 0.3 is 11.1 Å². The summed E-state index contributed by atoms with van der Waals surface area (Å²) >= 11 is 0. The number of aromatic nitrogens is 2. The van der Waals surface area contributed by atoms with Crippen molar-refractivity contribution in [3.8, 4) is 0 Å². The molecule has 6 nitrogen and oxygen atoms in total. The molecular formula is C23H24FN3O3. The van der Waals surface area contributed by atoms with Crippen molar-refractivity contribution < 1.29 is 9.18 Å². The van der Waals surface area contributed by atoms with Crippen molar-refractivity contribution in [2.24, 2.45) is 0 Å². The number of hydrogen-bond acceptors (Lipinski definition) is 3. The molecule has 1 saturated carbocycles. The molecule has 3 aromatic rings. The number of nitrogens with one attached hydrogen (secondary N) is 2. The Morgan fingerprint density at radius 3 is 2.50 bits per heavy atom. The van der Waals surface area contributed by atoms with Gasteiger partial charge < -0.3 is 14.9 Å². The van der Waals surface area contributed by atoms with Gasteiger partial charge in [-0.05, 0) is 55.7 Å². The van der Waals surface area contributed by atoms with E-state index in [0.29, 0.717) is 29.7 Å². The van der Waals surface area contributed by atoms with E-state index in [-0.39, 0.29) is 17.1 Å². The lowest BCUT2D eigenvalue weighted by Crippen LogP contribution is -2.39. The Hall–Kier alpha value is -3.22. The van der Waals surface area contributed by atoms with Crippen LogP contribution in [-0.4, -0.2) is 22.0 Å². The number of benzene rings is 2. The van der Waals surface area contributed by atoms with Crippen LogP contribution >= 0.6 is 0 Å². The number of carbonyl (C=O) groups is 1. The molecule has 1 aliphatic carbocycles. The fraction of sp³-hybridized carbons (Fsp3) is 0.348. The predicted molar refractivity (Wildman–Crippen MR) is 113 cm³/mol. The van der Waals surface area contributed by atoms with E-state index < -0.39 is 11.1 Å². The summed E-state index contributed by atoms with van der Waals surface area (Å²) in [5.41, 5.74) is 0.966. The summed E-state index contributed by atoms with van der Waals surface area (Å²) in [6.07, 6.45) is 4.01. The largest absolute Gasteiger partial charge is 0.351 e. The Morgan fingerprint density at radius 2 is 1.83 bits per heavy atom. The van der Waals surface area contributed by atoms with Gasteiger partial charge in [0.25, 0.3) is 5.91 Å². The summed E-state index contributed by atoms with van der Waals surface area (Å²) in [6, 6.07) is 11.5. The SMILES string of the molecule is CCn1c(=O)c(=O)[nH]c2cc(C(=O)NCC3(c4ccc(F)cc4)CCCC3)ccc21. The van der Waals surface area contributed by atoms with E-state index in [1.165, 1.54) is 16.7 Å². The molecule has 1 heterocycles. The molecule has 0 spiro atoms. The molecule has 1 aromatic heterocycles. The number of nitrogens with zero attached hydrogens (tertiary/aromatic N) is 1. The van der Waals surface area contributed by atoms with Crippen LogP contribution in [0.1, 0.15) is 48.5 Å². The molecule has 1 aliphatic rings. The second-order valence-electron chi connectivity index (χ2n) is 7.91. The fourth-order valence-corrected chi connectivity index (χ4v) is 4.51. The van der Waals surface area contributed by atoms with Gasteiger partial charge in [-0.1, -0.05) is 25.0 Å². The highest BCUT2D eigenvalue weighted by Gasteiger charge is 2.36. The molecule has 2 aromatic carbocycles. The van der Waals surface area contributed by atoms with Gasteiger partial charge in [-0.25, -0.2) is 4.39 Å². The van der Waals surface area contributed by atoms with Gasteiger partial charge in [0, 0.05) is 24.1 Å². The first-order chi connectivity index (χ1) is 14.4. The normalized spacial score (nSPS) is 15.4. The molecule has 4 rings (SSSR count). The number of amides is 1. The minimum Gasteiger partial charge on any atom is -0.351 e. The maximum atomic E-state index is 13.4. The number of halogens is 1. The van der Waals surface area contributed by atoms with Crippen LogP contribution in [0.15, 0.2) is 52.1 Å². The molecule has 0 radical (unpaired) electrons. The number of aryl methyl sites for hydroxylation is 1. The van der Waals surface area contributed by atoms with Gasteiger partial charge in [-0.15, -0.1) is 0 Å². The molecule has 0 aliphatic heterocycles. The predicted octanol–water partition coefficient (Wildman–Crippen LogP) is 3.09. The monoisotopic (exact) mass is 409 g/mol. The number of hydrogen-bond donors (Lipinski definition) is 2. The summed E-state index contributed by atoms with van der Waals surface area (Å²) in [5.74, 6) is -0.521. The average molecular weight is 409 g/mol. The summed E-state index contributed by atoms with van der Waals surface area (Å²) in [4.78, 5) is 39.3. The van der Waals surface area contributed by atoms with E-state index in [1.807, 2.05) is 0 Å². The van der Waals surface area contributed by atoms with E-state index in [4.69, 9.17) is 0 Å². The molecule has 2 N–H and O–H groups in total. The Bertz CT molecular complexity index is 1210. The Balaban J connectivity index is 1.59. The van der Waals surface area contributed by atoms with Crippen LogP contribution in [0.5, 0.6) is 0 Å². The van der Waals surface area contributed by atoms with Crippen molar-refractivity contribution >= 4 is 16.9 Å². The molecule has 0 unspecified atom stereocenters. The molecule has 0 bridgehead atoms. The lowest BCUT2D eigenvalue weighted by atomic mass is 9.78. The van der Waals surface area contributed by atoms with Crippen molar-refractivity contribution in [2.45, 2.75) is 44.6 Å². The molecule has 7 heteroatoms. The second kappa shape index (κ2) is 7.89. The van der Waals surface area contributed by atoms with E-state index in [1.54, 1.807) is 37.3 Å². The number of fused-ring (bicyclic) bond motifs is 1. The first-order valence-corrected chi connectivity index (χ1v) is 10.2. The summed E-state index contributed by atoms with van der Waals surface area (Å²) < 4.78 is 14.7. The van der Waals surface area contributed by atoms with Gasteiger partial charge in [0.15, 0.2) is 0 Å². The van der Waals surface area contributed by atoms with Gasteiger partial charge in [0.2, 0.25) is 0 Å². The van der Waals surface area contributed by atoms with E-state index in [0.717, 1.165) is 31.2 Å². The van der Waals surface area contributed by atoms with Gasteiger partial charge in [-0.2, -0.15) is 0 Å². The average Bonchev–Trinajstić information content (AvgIpc) is 3.23. The number of carbonyl (C=O) groups excluding carboxylic acids is 1. The van der Waals surface area contributed by atoms with Crippen molar-refractivity contribution in [1.29, 1.82) is 0 Å². The quantitative estimate of drug-likeness (QED) is 0.635. The van der Waals surface area contributed by atoms with Crippen molar-refractivity contribution in [1.82, 2.24) is 14.9 Å². The first-order valence-electron chi connectivity index (χ1n) is 10.2. The Labute approximate surface area is 172 Å². The van der Waals surface area contributed by atoms with Gasteiger partial charge in [-0.3, -0.25) is 14.4 Å². The summed E-state index contributed by atoms with van der Waals surface area (Å²) in [5, 5.41) is 3.02. The summed E-state index contributed by atoms with van der Waals surface area (Å²) in [7, 11) is 0. The van der Waals surface area contributed by atoms with Gasteiger partial charge in [0.05, 0.1) is 11.0 Å². The van der Waals surface area contributed by atoms with E-state index >= 15 is 0 Å². The third-order valence-corrected chi connectivity index (χ3v) is 6.16. The molecule has 1 amide bonds. The Morgan fingerprint density at radius 1 is 1.13 bits per heavy atom.